The number of fused-ring (bicyclic) bond motifs is 3. The van der Waals surface area contributed by atoms with Crippen LogP contribution in [0.15, 0.2) is 31.9 Å². The van der Waals surface area contributed by atoms with E-state index in [1.807, 2.05) is 18.2 Å². The van der Waals surface area contributed by atoms with Crippen LogP contribution in [0.25, 0.3) is 22.1 Å². The summed E-state index contributed by atoms with van der Waals surface area (Å²) in [5, 5.41) is 4.39. The topological polar surface area (TPSA) is 77.4 Å². The second kappa shape index (κ2) is 7.59. The van der Waals surface area contributed by atoms with Crippen LogP contribution < -0.4 is 10.9 Å². The molecule has 0 bridgehead atoms. The van der Waals surface area contributed by atoms with Gasteiger partial charge in [0.1, 0.15) is 16.9 Å². The molecule has 1 aliphatic heterocycles. The average molecular weight is 448 g/mol. The molecule has 7 nitrogen and oxygen atoms in total. The Morgan fingerprint density at radius 1 is 1.29 bits per heavy atom. The van der Waals surface area contributed by atoms with E-state index < -0.39 is 0 Å². The first-order valence-corrected chi connectivity index (χ1v) is 10.4. The molecule has 0 amide bonds. The first-order valence-electron chi connectivity index (χ1n) is 9.58. The molecule has 2 N–H and O–H groups in total. The number of aromatic amines is 1. The molecule has 3 aromatic rings. The number of likely N-dealkylation sites (N-methyl/N-ethyl adjacent to an activating group) is 1. The van der Waals surface area contributed by atoms with Gasteiger partial charge in [-0.25, -0.2) is 4.98 Å². The summed E-state index contributed by atoms with van der Waals surface area (Å²) in [7, 11) is 2.16. The van der Waals surface area contributed by atoms with Crippen molar-refractivity contribution in [1.82, 2.24) is 25.1 Å². The lowest BCUT2D eigenvalue weighted by Crippen LogP contribution is -2.53. The Morgan fingerprint density at radius 3 is 2.79 bits per heavy atom. The van der Waals surface area contributed by atoms with E-state index in [1.54, 1.807) is 0 Å². The van der Waals surface area contributed by atoms with Gasteiger partial charge in [0.05, 0.1) is 6.54 Å². The average Bonchev–Trinajstić information content (AvgIpc) is 3.01. The van der Waals surface area contributed by atoms with E-state index in [1.165, 1.54) is 0 Å². The van der Waals surface area contributed by atoms with Crippen LogP contribution in [0.1, 0.15) is 19.7 Å². The van der Waals surface area contributed by atoms with Crippen molar-refractivity contribution in [3.63, 3.8) is 0 Å². The van der Waals surface area contributed by atoms with Crippen molar-refractivity contribution in [3.8, 4) is 0 Å². The molecular weight excluding hydrogens is 422 g/mol. The van der Waals surface area contributed by atoms with Gasteiger partial charge in [0.2, 0.25) is 5.58 Å². The third kappa shape index (κ3) is 4.15. The van der Waals surface area contributed by atoms with Crippen molar-refractivity contribution in [2.45, 2.75) is 25.9 Å². The lowest BCUT2D eigenvalue weighted by Gasteiger charge is -2.38. The lowest BCUT2D eigenvalue weighted by atomic mass is 10.0. The van der Waals surface area contributed by atoms with Crippen LogP contribution in [-0.4, -0.2) is 65.1 Å². The summed E-state index contributed by atoms with van der Waals surface area (Å²) < 4.78 is 6.62. The number of benzene rings is 1. The summed E-state index contributed by atoms with van der Waals surface area (Å²) in [5.74, 6) is 0.617. The largest absolute Gasteiger partial charge is 0.449 e. The Bertz CT molecular complexity index is 1050. The Hall–Kier alpha value is -1.74. The number of H-pyrrole nitrogens is 1. The summed E-state index contributed by atoms with van der Waals surface area (Å²) in [4.78, 5) is 24.8. The highest BCUT2D eigenvalue weighted by atomic mass is 79.9. The van der Waals surface area contributed by atoms with Crippen molar-refractivity contribution in [2.75, 3.05) is 39.8 Å². The highest BCUT2D eigenvalue weighted by molar-refractivity contribution is 9.10. The fraction of sp³-hybridized carbons (Fsp3) is 0.500. The molecule has 1 aromatic carbocycles. The SMILES string of the molecule is CN1CCN(CC(C)(C)NCc2nc3c(oc4ccc(Br)cc43)c(=O)[nH]2)CC1. The van der Waals surface area contributed by atoms with Gasteiger partial charge >= 0.3 is 0 Å². The number of nitrogens with zero attached hydrogens (tertiary/aromatic N) is 3. The van der Waals surface area contributed by atoms with Crippen molar-refractivity contribution in [3.05, 3.63) is 38.9 Å². The van der Waals surface area contributed by atoms with Gasteiger partial charge in [0.15, 0.2) is 0 Å². The predicted octanol–water partition coefficient (Wildman–Crippen LogP) is 2.55. The number of halogens is 1. The van der Waals surface area contributed by atoms with Crippen LogP contribution in [0, 0.1) is 0 Å². The number of rotatable bonds is 5. The third-order valence-corrected chi connectivity index (χ3v) is 5.78. The number of hydrogen-bond donors (Lipinski definition) is 2. The molecular formula is C20H26BrN5O2. The molecule has 4 rings (SSSR count). The Balaban J connectivity index is 1.52. The molecule has 0 saturated carbocycles. The summed E-state index contributed by atoms with van der Waals surface area (Å²) in [6.45, 7) is 10.2. The van der Waals surface area contributed by atoms with Gasteiger partial charge in [-0.3, -0.25) is 9.69 Å². The third-order valence-electron chi connectivity index (χ3n) is 5.28. The van der Waals surface area contributed by atoms with Gasteiger partial charge in [-0.05, 0) is 39.1 Å². The lowest BCUT2D eigenvalue weighted by molar-refractivity contribution is 0.123. The standard InChI is InChI=1S/C20H26BrN5O2/c1-20(2,12-26-8-6-25(3)7-9-26)22-11-16-23-17-14-10-13(21)4-5-15(14)28-18(17)19(27)24-16/h4-5,10,22H,6-9,11-12H2,1-3H3,(H,23,24,27). The Labute approximate surface area is 172 Å². The van der Waals surface area contributed by atoms with Gasteiger partial charge in [-0.15, -0.1) is 0 Å². The zero-order valence-electron chi connectivity index (χ0n) is 16.5. The van der Waals surface area contributed by atoms with Crippen LogP contribution in [0.3, 0.4) is 0 Å². The zero-order valence-corrected chi connectivity index (χ0v) is 18.1. The number of aromatic nitrogens is 2. The maximum Gasteiger partial charge on any atom is 0.294 e. The highest BCUT2D eigenvalue weighted by Gasteiger charge is 2.24. The van der Waals surface area contributed by atoms with Crippen LogP contribution in [0.2, 0.25) is 0 Å². The molecule has 0 atom stereocenters. The van der Waals surface area contributed by atoms with Crippen LogP contribution in [0.4, 0.5) is 0 Å². The van der Waals surface area contributed by atoms with Crippen LogP contribution >= 0.6 is 15.9 Å². The van der Waals surface area contributed by atoms with Crippen LogP contribution in [-0.2, 0) is 6.54 Å². The van der Waals surface area contributed by atoms with E-state index in [0.29, 0.717) is 23.5 Å². The van der Waals surface area contributed by atoms with E-state index in [2.05, 4.69) is 61.9 Å². The fourth-order valence-corrected chi connectivity index (χ4v) is 4.06. The molecule has 0 aliphatic carbocycles. The summed E-state index contributed by atoms with van der Waals surface area (Å²) in [5.41, 5.74) is 1.20. The zero-order chi connectivity index (χ0) is 19.9. The normalized spacial score (nSPS) is 17.0. The highest BCUT2D eigenvalue weighted by Crippen LogP contribution is 2.27. The minimum atomic E-state index is -0.244. The maximum absolute atomic E-state index is 12.5. The summed E-state index contributed by atoms with van der Waals surface area (Å²) in [6, 6.07) is 5.67. The molecule has 3 heterocycles. The molecule has 0 radical (unpaired) electrons. The number of furan rings is 1. The minimum Gasteiger partial charge on any atom is -0.449 e. The first-order chi connectivity index (χ1) is 13.3. The summed E-state index contributed by atoms with van der Waals surface area (Å²) >= 11 is 3.47. The fourth-order valence-electron chi connectivity index (χ4n) is 3.70. The van der Waals surface area contributed by atoms with Gasteiger partial charge in [0.25, 0.3) is 5.56 Å². The van der Waals surface area contributed by atoms with Gasteiger partial charge in [-0.2, -0.15) is 0 Å². The summed E-state index contributed by atoms with van der Waals surface area (Å²) in [6.07, 6.45) is 0. The van der Waals surface area contributed by atoms with Crippen molar-refractivity contribution >= 4 is 38.0 Å². The minimum absolute atomic E-state index is 0.0923. The van der Waals surface area contributed by atoms with E-state index >= 15 is 0 Å². The molecule has 0 spiro atoms. The molecule has 1 saturated heterocycles. The molecule has 2 aromatic heterocycles. The quantitative estimate of drug-likeness (QED) is 0.625. The molecule has 0 unspecified atom stereocenters. The molecule has 150 valence electrons. The van der Waals surface area contributed by atoms with E-state index in [9.17, 15) is 4.79 Å². The Kier molecular flexibility index (Phi) is 5.30. The van der Waals surface area contributed by atoms with Crippen molar-refractivity contribution in [2.24, 2.45) is 0 Å². The van der Waals surface area contributed by atoms with Crippen LogP contribution in [0.5, 0.6) is 0 Å². The monoisotopic (exact) mass is 447 g/mol. The Morgan fingerprint density at radius 2 is 2.04 bits per heavy atom. The smallest absolute Gasteiger partial charge is 0.294 e. The van der Waals surface area contributed by atoms with Crippen molar-refractivity contribution in [1.29, 1.82) is 0 Å². The first kappa shape index (κ1) is 19.6. The second-order valence-electron chi connectivity index (χ2n) is 8.25. The van der Waals surface area contributed by atoms with E-state index in [4.69, 9.17) is 4.42 Å². The van der Waals surface area contributed by atoms with Crippen molar-refractivity contribution < 1.29 is 4.42 Å². The maximum atomic E-state index is 12.5. The van der Waals surface area contributed by atoms with Gasteiger partial charge < -0.3 is 19.6 Å². The second-order valence-corrected chi connectivity index (χ2v) is 9.17. The predicted molar refractivity (Wildman–Crippen MR) is 115 cm³/mol. The van der Waals surface area contributed by atoms with Gasteiger partial charge in [0, 0.05) is 48.1 Å². The number of hydrogen-bond acceptors (Lipinski definition) is 6. The molecule has 1 fully saturated rings. The number of nitrogens with one attached hydrogen (secondary N) is 2. The van der Waals surface area contributed by atoms with E-state index in [-0.39, 0.29) is 16.7 Å². The molecule has 1 aliphatic rings. The molecule has 28 heavy (non-hydrogen) atoms. The number of piperazine rings is 1. The van der Waals surface area contributed by atoms with Gasteiger partial charge in [-0.1, -0.05) is 15.9 Å². The molecule has 8 heteroatoms. The van der Waals surface area contributed by atoms with E-state index in [0.717, 1.165) is 42.6 Å².